The highest BCUT2D eigenvalue weighted by atomic mass is 16.2. The number of urea groups is 1. The predicted molar refractivity (Wildman–Crippen MR) is 77.6 cm³/mol. The van der Waals surface area contributed by atoms with Gasteiger partial charge in [-0.25, -0.2) is 4.79 Å². The maximum absolute atomic E-state index is 11.9. The molecule has 0 bridgehead atoms. The van der Waals surface area contributed by atoms with Gasteiger partial charge in [0.2, 0.25) is 0 Å². The molecule has 114 valence electrons. The minimum absolute atomic E-state index is 0.143. The molecule has 1 heterocycles. The second kappa shape index (κ2) is 8.25. The molecule has 2 aliphatic rings. The number of nitrogens with one attached hydrogen (secondary N) is 3. The quantitative estimate of drug-likeness (QED) is 0.710. The van der Waals surface area contributed by atoms with E-state index in [9.17, 15) is 9.59 Å². The van der Waals surface area contributed by atoms with Crippen molar-refractivity contribution < 1.29 is 14.5 Å². The lowest BCUT2D eigenvalue weighted by molar-refractivity contribution is -0.891. The van der Waals surface area contributed by atoms with E-state index in [1.807, 2.05) is 0 Å². The van der Waals surface area contributed by atoms with Crippen molar-refractivity contribution in [2.24, 2.45) is 0 Å². The second-order valence-electron chi connectivity index (χ2n) is 6.20. The van der Waals surface area contributed by atoms with Gasteiger partial charge in [-0.05, 0) is 38.5 Å². The Morgan fingerprint density at radius 3 is 2.15 bits per heavy atom. The van der Waals surface area contributed by atoms with Crippen molar-refractivity contribution in [1.29, 1.82) is 0 Å². The lowest BCUT2D eigenvalue weighted by Crippen LogP contribution is -3.13. The van der Waals surface area contributed by atoms with E-state index in [4.69, 9.17) is 0 Å². The SMILES string of the molecule is O=C(C[NH+]1CCCCCC1)NC(=O)NC1CCCCC1. The van der Waals surface area contributed by atoms with Crippen LogP contribution in [0.5, 0.6) is 0 Å². The molecule has 0 aromatic carbocycles. The summed E-state index contributed by atoms with van der Waals surface area (Å²) < 4.78 is 0. The van der Waals surface area contributed by atoms with Crippen molar-refractivity contribution in [3.63, 3.8) is 0 Å². The first kappa shape index (κ1) is 15.3. The average molecular weight is 282 g/mol. The standard InChI is InChI=1S/C15H27N3O2/c19-14(12-18-10-6-1-2-7-11-18)17-15(20)16-13-8-4-3-5-9-13/h13H,1-12H2,(H2,16,17,19,20)/p+1. The Morgan fingerprint density at radius 2 is 1.50 bits per heavy atom. The second-order valence-corrected chi connectivity index (χ2v) is 6.20. The van der Waals surface area contributed by atoms with Crippen LogP contribution in [0.2, 0.25) is 0 Å². The molecule has 1 aliphatic heterocycles. The van der Waals surface area contributed by atoms with Crippen molar-refractivity contribution in [2.75, 3.05) is 19.6 Å². The maximum Gasteiger partial charge on any atom is 0.321 e. The lowest BCUT2D eigenvalue weighted by Gasteiger charge is -2.23. The maximum atomic E-state index is 11.9. The minimum atomic E-state index is -0.309. The normalized spacial score (nSPS) is 22.0. The Balaban J connectivity index is 1.66. The van der Waals surface area contributed by atoms with Gasteiger partial charge in [-0.3, -0.25) is 10.1 Å². The van der Waals surface area contributed by atoms with E-state index in [1.54, 1.807) is 0 Å². The number of carbonyl (C=O) groups is 2. The number of hydrogen-bond donors (Lipinski definition) is 3. The molecule has 0 radical (unpaired) electrons. The molecule has 5 nitrogen and oxygen atoms in total. The van der Waals surface area contributed by atoms with Crippen molar-refractivity contribution in [3.05, 3.63) is 0 Å². The van der Waals surface area contributed by atoms with Crippen LogP contribution in [0.1, 0.15) is 57.8 Å². The van der Waals surface area contributed by atoms with Crippen molar-refractivity contribution in [1.82, 2.24) is 10.6 Å². The van der Waals surface area contributed by atoms with E-state index in [1.165, 1.54) is 49.8 Å². The van der Waals surface area contributed by atoms with Crippen molar-refractivity contribution in [2.45, 2.75) is 63.8 Å². The third-order valence-electron chi connectivity index (χ3n) is 4.41. The van der Waals surface area contributed by atoms with Gasteiger partial charge in [0.15, 0.2) is 6.54 Å². The number of hydrogen-bond acceptors (Lipinski definition) is 2. The van der Waals surface area contributed by atoms with Crippen LogP contribution in [-0.2, 0) is 4.79 Å². The topological polar surface area (TPSA) is 62.6 Å². The van der Waals surface area contributed by atoms with Gasteiger partial charge in [-0.15, -0.1) is 0 Å². The summed E-state index contributed by atoms with van der Waals surface area (Å²) in [6.45, 7) is 2.54. The average Bonchev–Trinajstić information content (AvgIpc) is 2.68. The summed E-state index contributed by atoms with van der Waals surface area (Å²) in [6.07, 6.45) is 10.6. The van der Waals surface area contributed by atoms with Gasteiger partial charge in [0.25, 0.3) is 5.91 Å². The van der Waals surface area contributed by atoms with Crippen molar-refractivity contribution in [3.8, 4) is 0 Å². The molecular formula is C15H28N3O2+. The van der Waals surface area contributed by atoms with Gasteiger partial charge in [-0.2, -0.15) is 0 Å². The highest BCUT2D eigenvalue weighted by Gasteiger charge is 2.20. The first-order chi connectivity index (χ1) is 9.74. The fourth-order valence-corrected chi connectivity index (χ4v) is 3.27. The van der Waals surface area contributed by atoms with E-state index >= 15 is 0 Å². The highest BCUT2D eigenvalue weighted by Crippen LogP contribution is 2.16. The van der Waals surface area contributed by atoms with E-state index in [0.29, 0.717) is 6.54 Å². The van der Waals surface area contributed by atoms with Gasteiger partial charge in [0.1, 0.15) is 0 Å². The number of rotatable bonds is 3. The molecule has 1 saturated carbocycles. The lowest BCUT2D eigenvalue weighted by atomic mass is 9.96. The molecule has 0 atom stereocenters. The third kappa shape index (κ3) is 5.49. The summed E-state index contributed by atoms with van der Waals surface area (Å²) >= 11 is 0. The van der Waals surface area contributed by atoms with Crippen LogP contribution < -0.4 is 15.5 Å². The zero-order chi connectivity index (χ0) is 14.2. The molecule has 1 saturated heterocycles. The third-order valence-corrected chi connectivity index (χ3v) is 4.41. The van der Waals surface area contributed by atoms with Gasteiger partial charge < -0.3 is 10.2 Å². The molecular weight excluding hydrogens is 254 g/mol. The number of likely N-dealkylation sites (tertiary alicyclic amines) is 1. The number of imide groups is 1. The summed E-state index contributed by atoms with van der Waals surface area (Å²) in [7, 11) is 0. The first-order valence-corrected chi connectivity index (χ1v) is 8.18. The molecule has 3 amide bonds. The Labute approximate surface area is 121 Å². The monoisotopic (exact) mass is 282 g/mol. The molecule has 5 heteroatoms. The zero-order valence-corrected chi connectivity index (χ0v) is 12.4. The van der Waals surface area contributed by atoms with Crippen LogP contribution in [0, 0.1) is 0 Å². The van der Waals surface area contributed by atoms with Crippen LogP contribution in [0.25, 0.3) is 0 Å². The summed E-state index contributed by atoms with van der Waals surface area (Å²) in [6, 6.07) is -0.0572. The summed E-state index contributed by atoms with van der Waals surface area (Å²) in [5, 5.41) is 5.40. The van der Waals surface area contributed by atoms with Gasteiger partial charge in [0, 0.05) is 6.04 Å². The van der Waals surface area contributed by atoms with E-state index in [0.717, 1.165) is 25.9 Å². The molecule has 2 fully saturated rings. The molecule has 3 N–H and O–H groups in total. The molecule has 0 spiro atoms. The van der Waals surface area contributed by atoms with E-state index in [-0.39, 0.29) is 18.0 Å². The Bertz CT molecular complexity index is 319. The molecule has 2 rings (SSSR count). The van der Waals surface area contributed by atoms with Gasteiger partial charge in [0.05, 0.1) is 13.1 Å². The molecule has 0 unspecified atom stereocenters. The summed E-state index contributed by atoms with van der Waals surface area (Å²) in [4.78, 5) is 25.0. The Hall–Kier alpha value is -1.10. The van der Waals surface area contributed by atoms with Crippen LogP contribution in [-0.4, -0.2) is 37.6 Å². The largest absolute Gasteiger partial charge is 0.335 e. The summed E-state index contributed by atoms with van der Waals surface area (Å²) in [5.74, 6) is -0.143. The summed E-state index contributed by atoms with van der Waals surface area (Å²) in [5.41, 5.74) is 0. The smallest absolute Gasteiger partial charge is 0.321 e. The molecule has 1 aliphatic carbocycles. The fraction of sp³-hybridized carbons (Fsp3) is 0.867. The Kier molecular flexibility index (Phi) is 6.30. The predicted octanol–water partition coefficient (Wildman–Crippen LogP) is 0.604. The number of amides is 3. The minimum Gasteiger partial charge on any atom is -0.335 e. The van der Waals surface area contributed by atoms with Crippen LogP contribution in [0.3, 0.4) is 0 Å². The van der Waals surface area contributed by atoms with E-state index < -0.39 is 0 Å². The fourth-order valence-electron chi connectivity index (χ4n) is 3.27. The first-order valence-electron chi connectivity index (χ1n) is 8.18. The van der Waals surface area contributed by atoms with Crippen LogP contribution in [0.15, 0.2) is 0 Å². The number of quaternary nitrogens is 1. The molecule has 0 aromatic heterocycles. The van der Waals surface area contributed by atoms with Gasteiger partial charge in [-0.1, -0.05) is 19.3 Å². The zero-order valence-electron chi connectivity index (χ0n) is 12.4. The Morgan fingerprint density at radius 1 is 0.900 bits per heavy atom. The molecule has 0 aromatic rings. The van der Waals surface area contributed by atoms with E-state index in [2.05, 4.69) is 10.6 Å². The van der Waals surface area contributed by atoms with Crippen molar-refractivity contribution >= 4 is 11.9 Å². The molecule has 20 heavy (non-hydrogen) atoms. The number of carbonyl (C=O) groups excluding carboxylic acids is 2. The highest BCUT2D eigenvalue weighted by molar-refractivity contribution is 5.94. The van der Waals surface area contributed by atoms with Crippen LogP contribution >= 0.6 is 0 Å². The van der Waals surface area contributed by atoms with Crippen LogP contribution in [0.4, 0.5) is 4.79 Å². The van der Waals surface area contributed by atoms with Gasteiger partial charge >= 0.3 is 6.03 Å².